The molecule has 1 nitrogen and oxygen atoms in total. The Morgan fingerprint density at radius 1 is 1.58 bits per heavy atom. The van der Waals surface area contributed by atoms with Crippen molar-refractivity contribution in [2.75, 3.05) is 0 Å². The van der Waals surface area contributed by atoms with Gasteiger partial charge in [0.15, 0.2) is 0 Å². The molecule has 0 amide bonds. The first-order valence-corrected chi connectivity index (χ1v) is 5.47. The smallest absolute Gasteiger partial charge is 0.0683 e. The van der Waals surface area contributed by atoms with Crippen molar-refractivity contribution < 1.29 is 5.11 Å². The average molecular weight is 188 g/mol. The maximum absolute atomic E-state index is 10.3. The summed E-state index contributed by atoms with van der Waals surface area (Å²) in [6.07, 6.45) is 5.46. The van der Waals surface area contributed by atoms with E-state index in [0.717, 1.165) is 12.8 Å². The van der Waals surface area contributed by atoms with Gasteiger partial charge in [-0.25, -0.2) is 0 Å². The zero-order chi connectivity index (χ0) is 9.19. The first-order valence-electron chi connectivity index (χ1n) is 4.95. The fraction of sp³-hybridized carbons (Fsp3) is 1.00. The summed E-state index contributed by atoms with van der Waals surface area (Å²) in [6, 6.07) is 0. The molecular weight excluding hydrogens is 168 g/mol. The van der Waals surface area contributed by atoms with E-state index < -0.39 is 5.60 Å². The van der Waals surface area contributed by atoms with Crippen molar-refractivity contribution in [3.8, 4) is 0 Å². The molecule has 0 aliphatic heterocycles. The van der Waals surface area contributed by atoms with Crippen LogP contribution in [0.5, 0.6) is 0 Å². The molecule has 0 saturated heterocycles. The van der Waals surface area contributed by atoms with Gasteiger partial charge in [-0.05, 0) is 25.2 Å². The van der Waals surface area contributed by atoms with E-state index in [-0.39, 0.29) is 0 Å². The highest BCUT2D eigenvalue weighted by molar-refractivity contribution is 7.80. The summed E-state index contributed by atoms with van der Waals surface area (Å²) in [7, 11) is 0. The van der Waals surface area contributed by atoms with Gasteiger partial charge in [-0.3, -0.25) is 0 Å². The van der Waals surface area contributed by atoms with Crippen molar-refractivity contribution in [2.45, 2.75) is 56.8 Å². The second-order valence-electron chi connectivity index (χ2n) is 4.30. The third kappa shape index (κ3) is 2.40. The van der Waals surface area contributed by atoms with Gasteiger partial charge in [-0.15, -0.1) is 0 Å². The van der Waals surface area contributed by atoms with Gasteiger partial charge in [-0.1, -0.05) is 26.7 Å². The molecule has 0 aromatic heterocycles. The molecule has 1 fully saturated rings. The largest absolute Gasteiger partial charge is 0.390 e. The minimum Gasteiger partial charge on any atom is -0.390 e. The molecular formula is C10H20OS. The molecule has 1 aliphatic carbocycles. The lowest BCUT2D eigenvalue weighted by molar-refractivity contribution is -0.0470. The molecule has 0 aromatic carbocycles. The quantitative estimate of drug-likeness (QED) is 0.638. The zero-order valence-corrected chi connectivity index (χ0v) is 8.98. The molecule has 1 rings (SSSR count). The predicted molar refractivity (Wildman–Crippen MR) is 55.6 cm³/mol. The second-order valence-corrected chi connectivity index (χ2v) is 5.19. The Balaban J connectivity index is 2.53. The van der Waals surface area contributed by atoms with Crippen molar-refractivity contribution in [1.82, 2.24) is 0 Å². The van der Waals surface area contributed by atoms with Gasteiger partial charge in [0, 0.05) is 5.25 Å². The molecule has 72 valence electrons. The van der Waals surface area contributed by atoms with Gasteiger partial charge in [0.2, 0.25) is 0 Å². The van der Waals surface area contributed by atoms with Crippen molar-refractivity contribution in [3.63, 3.8) is 0 Å². The SMILES string of the molecule is CC(S)C[C@]1(O)CCCC[C@@H]1C. The highest BCUT2D eigenvalue weighted by Crippen LogP contribution is 2.37. The standard InChI is InChI=1S/C10H20OS/c1-8-5-3-4-6-10(8,11)7-9(2)12/h8-9,11-12H,3-7H2,1-2H3/t8-,9?,10+/m0/s1. The minimum absolute atomic E-state index is 0.315. The zero-order valence-electron chi connectivity index (χ0n) is 8.08. The normalized spacial score (nSPS) is 39.5. The number of thiol groups is 1. The Morgan fingerprint density at radius 3 is 2.75 bits per heavy atom. The lowest BCUT2D eigenvalue weighted by Gasteiger charge is -2.39. The fourth-order valence-corrected chi connectivity index (χ4v) is 2.53. The van der Waals surface area contributed by atoms with Crippen LogP contribution in [0.15, 0.2) is 0 Å². The van der Waals surface area contributed by atoms with E-state index in [9.17, 15) is 5.11 Å². The number of hydrogen-bond acceptors (Lipinski definition) is 2. The first-order chi connectivity index (χ1) is 5.54. The second kappa shape index (κ2) is 4.01. The summed E-state index contributed by atoms with van der Waals surface area (Å²) in [5.74, 6) is 0.459. The summed E-state index contributed by atoms with van der Waals surface area (Å²) in [6.45, 7) is 4.22. The van der Waals surface area contributed by atoms with Gasteiger partial charge in [0.05, 0.1) is 5.60 Å². The van der Waals surface area contributed by atoms with E-state index in [1.807, 2.05) is 0 Å². The minimum atomic E-state index is -0.417. The van der Waals surface area contributed by atoms with Crippen molar-refractivity contribution in [1.29, 1.82) is 0 Å². The van der Waals surface area contributed by atoms with E-state index in [1.54, 1.807) is 0 Å². The molecule has 0 radical (unpaired) electrons. The van der Waals surface area contributed by atoms with Crippen LogP contribution < -0.4 is 0 Å². The van der Waals surface area contributed by atoms with Gasteiger partial charge >= 0.3 is 0 Å². The van der Waals surface area contributed by atoms with Crippen LogP contribution in [0.1, 0.15) is 46.0 Å². The lowest BCUT2D eigenvalue weighted by Crippen LogP contribution is -2.40. The Hall–Kier alpha value is 0.310. The van der Waals surface area contributed by atoms with Gasteiger partial charge in [-0.2, -0.15) is 12.6 Å². The van der Waals surface area contributed by atoms with Crippen molar-refractivity contribution >= 4 is 12.6 Å². The van der Waals surface area contributed by atoms with Crippen LogP contribution in [0.4, 0.5) is 0 Å². The van der Waals surface area contributed by atoms with E-state index in [0.29, 0.717) is 11.2 Å². The van der Waals surface area contributed by atoms with Crippen LogP contribution in [0.25, 0.3) is 0 Å². The molecule has 0 aromatic rings. The van der Waals surface area contributed by atoms with Crippen LogP contribution in [0, 0.1) is 5.92 Å². The monoisotopic (exact) mass is 188 g/mol. The van der Waals surface area contributed by atoms with Crippen molar-refractivity contribution in [3.05, 3.63) is 0 Å². The van der Waals surface area contributed by atoms with Crippen LogP contribution in [0.3, 0.4) is 0 Å². The highest BCUT2D eigenvalue weighted by Gasteiger charge is 2.36. The Bertz CT molecular complexity index is 147. The molecule has 0 spiro atoms. The van der Waals surface area contributed by atoms with Crippen LogP contribution in [-0.4, -0.2) is 16.0 Å². The van der Waals surface area contributed by atoms with E-state index >= 15 is 0 Å². The molecule has 1 unspecified atom stereocenters. The average Bonchev–Trinajstić information content (AvgIpc) is 1.94. The van der Waals surface area contributed by atoms with Crippen molar-refractivity contribution in [2.24, 2.45) is 5.92 Å². The Morgan fingerprint density at radius 2 is 2.25 bits per heavy atom. The molecule has 1 saturated carbocycles. The van der Waals surface area contributed by atoms with E-state index in [1.165, 1.54) is 19.3 Å². The topological polar surface area (TPSA) is 20.2 Å². The third-order valence-electron chi connectivity index (χ3n) is 3.06. The summed E-state index contributed by atoms with van der Waals surface area (Å²) in [5, 5.41) is 10.6. The number of aliphatic hydroxyl groups is 1. The molecule has 1 N–H and O–H groups in total. The van der Waals surface area contributed by atoms with E-state index in [4.69, 9.17) is 0 Å². The summed E-state index contributed by atoms with van der Waals surface area (Å²) < 4.78 is 0. The van der Waals surface area contributed by atoms with Gasteiger partial charge < -0.3 is 5.11 Å². The molecule has 1 aliphatic rings. The van der Waals surface area contributed by atoms with Crippen LogP contribution >= 0.6 is 12.6 Å². The molecule has 0 heterocycles. The maximum atomic E-state index is 10.3. The Labute approximate surface area is 81.0 Å². The predicted octanol–water partition coefficient (Wildman–Crippen LogP) is 2.64. The molecule has 3 atom stereocenters. The number of rotatable bonds is 2. The fourth-order valence-electron chi connectivity index (χ4n) is 2.21. The maximum Gasteiger partial charge on any atom is 0.0683 e. The molecule has 0 bridgehead atoms. The Kier molecular flexibility index (Phi) is 3.47. The summed E-state index contributed by atoms with van der Waals surface area (Å²) in [5.41, 5.74) is -0.417. The third-order valence-corrected chi connectivity index (χ3v) is 3.25. The number of hydrogen-bond donors (Lipinski definition) is 2. The van der Waals surface area contributed by atoms with Crippen LogP contribution in [-0.2, 0) is 0 Å². The molecule has 2 heteroatoms. The van der Waals surface area contributed by atoms with E-state index in [2.05, 4.69) is 26.5 Å². The van der Waals surface area contributed by atoms with Crippen LogP contribution in [0.2, 0.25) is 0 Å². The molecule has 12 heavy (non-hydrogen) atoms. The first kappa shape index (κ1) is 10.4. The summed E-state index contributed by atoms with van der Waals surface area (Å²) in [4.78, 5) is 0. The van der Waals surface area contributed by atoms with Gasteiger partial charge in [0.1, 0.15) is 0 Å². The summed E-state index contributed by atoms with van der Waals surface area (Å²) >= 11 is 4.34. The van der Waals surface area contributed by atoms with Gasteiger partial charge in [0.25, 0.3) is 0 Å². The lowest BCUT2D eigenvalue weighted by atomic mass is 9.74. The highest BCUT2D eigenvalue weighted by atomic mass is 32.1.